The van der Waals surface area contributed by atoms with Crippen molar-refractivity contribution in [3.8, 4) is 11.5 Å². The van der Waals surface area contributed by atoms with Gasteiger partial charge in [0.1, 0.15) is 12.4 Å². The minimum Gasteiger partial charge on any atom is -0.493 e. The standard InChI is InChI=1S/C22H20FNO3/c1-26-21-13-17(22(25)24-14-18-9-5-6-10-19(18)23)11-12-20(21)27-15-16-7-3-2-4-8-16/h2-13H,14-15H2,1H3,(H,24,25). The Morgan fingerprint density at radius 2 is 1.70 bits per heavy atom. The molecule has 0 aromatic heterocycles. The van der Waals surface area contributed by atoms with Crippen LogP contribution in [0, 0.1) is 5.82 Å². The number of methoxy groups -OCH3 is 1. The van der Waals surface area contributed by atoms with Gasteiger partial charge in [0, 0.05) is 17.7 Å². The van der Waals surface area contributed by atoms with E-state index in [0.717, 1.165) is 5.56 Å². The van der Waals surface area contributed by atoms with Gasteiger partial charge in [0.05, 0.1) is 7.11 Å². The summed E-state index contributed by atoms with van der Waals surface area (Å²) in [5.74, 6) is 0.350. The van der Waals surface area contributed by atoms with Gasteiger partial charge in [-0.25, -0.2) is 4.39 Å². The van der Waals surface area contributed by atoms with Gasteiger partial charge in [0.2, 0.25) is 0 Å². The molecule has 0 radical (unpaired) electrons. The van der Waals surface area contributed by atoms with Crippen LogP contribution in [0.4, 0.5) is 4.39 Å². The molecule has 0 bridgehead atoms. The molecule has 3 rings (SSSR count). The average Bonchev–Trinajstić information content (AvgIpc) is 2.72. The van der Waals surface area contributed by atoms with Gasteiger partial charge in [0.15, 0.2) is 11.5 Å². The number of ether oxygens (including phenoxy) is 2. The van der Waals surface area contributed by atoms with Crippen LogP contribution in [0.15, 0.2) is 72.8 Å². The van der Waals surface area contributed by atoms with Crippen LogP contribution in [0.2, 0.25) is 0 Å². The zero-order valence-corrected chi connectivity index (χ0v) is 14.9. The van der Waals surface area contributed by atoms with Crippen molar-refractivity contribution in [2.75, 3.05) is 7.11 Å². The summed E-state index contributed by atoms with van der Waals surface area (Å²) >= 11 is 0. The number of halogens is 1. The first-order valence-corrected chi connectivity index (χ1v) is 8.54. The highest BCUT2D eigenvalue weighted by atomic mass is 19.1. The molecule has 0 aliphatic rings. The molecule has 0 heterocycles. The lowest BCUT2D eigenvalue weighted by molar-refractivity contribution is 0.0950. The fourth-order valence-corrected chi connectivity index (χ4v) is 2.58. The van der Waals surface area contributed by atoms with Crippen molar-refractivity contribution < 1.29 is 18.7 Å². The van der Waals surface area contributed by atoms with E-state index >= 15 is 0 Å². The van der Waals surface area contributed by atoms with Gasteiger partial charge >= 0.3 is 0 Å². The fourth-order valence-electron chi connectivity index (χ4n) is 2.58. The van der Waals surface area contributed by atoms with E-state index in [2.05, 4.69) is 5.32 Å². The molecule has 0 spiro atoms. The highest BCUT2D eigenvalue weighted by molar-refractivity contribution is 5.94. The molecule has 3 aromatic carbocycles. The summed E-state index contributed by atoms with van der Waals surface area (Å²) in [6, 6.07) is 21.1. The maximum absolute atomic E-state index is 13.7. The Labute approximate surface area is 157 Å². The first-order valence-electron chi connectivity index (χ1n) is 8.54. The van der Waals surface area contributed by atoms with Crippen LogP contribution in [-0.2, 0) is 13.2 Å². The Morgan fingerprint density at radius 1 is 0.963 bits per heavy atom. The Balaban J connectivity index is 1.66. The van der Waals surface area contributed by atoms with Crippen molar-refractivity contribution >= 4 is 5.91 Å². The molecule has 0 aliphatic heterocycles. The normalized spacial score (nSPS) is 10.3. The van der Waals surface area contributed by atoms with Gasteiger partial charge < -0.3 is 14.8 Å². The predicted octanol–water partition coefficient (Wildman–Crippen LogP) is 4.34. The van der Waals surface area contributed by atoms with E-state index in [1.807, 2.05) is 30.3 Å². The second-order valence-corrected chi connectivity index (χ2v) is 5.91. The Kier molecular flexibility index (Phi) is 6.05. The van der Waals surface area contributed by atoms with Gasteiger partial charge in [-0.3, -0.25) is 4.79 Å². The molecule has 5 heteroatoms. The first-order chi connectivity index (χ1) is 13.2. The molecule has 0 fully saturated rings. The number of hydrogen-bond acceptors (Lipinski definition) is 3. The minimum atomic E-state index is -0.347. The van der Waals surface area contributed by atoms with Crippen LogP contribution in [0.1, 0.15) is 21.5 Å². The molecule has 0 saturated heterocycles. The monoisotopic (exact) mass is 365 g/mol. The highest BCUT2D eigenvalue weighted by Gasteiger charge is 2.12. The molecule has 0 atom stereocenters. The molecule has 4 nitrogen and oxygen atoms in total. The van der Waals surface area contributed by atoms with Crippen molar-refractivity contribution in [3.05, 3.63) is 95.3 Å². The molecule has 27 heavy (non-hydrogen) atoms. The summed E-state index contributed by atoms with van der Waals surface area (Å²) in [4.78, 5) is 12.4. The second kappa shape index (κ2) is 8.85. The average molecular weight is 365 g/mol. The molecule has 1 N–H and O–H groups in total. The maximum Gasteiger partial charge on any atom is 0.251 e. The first kappa shape index (κ1) is 18.5. The lowest BCUT2D eigenvalue weighted by Gasteiger charge is -2.12. The third-order valence-corrected chi connectivity index (χ3v) is 4.06. The van der Waals surface area contributed by atoms with Crippen molar-refractivity contribution in [2.24, 2.45) is 0 Å². The topological polar surface area (TPSA) is 47.6 Å². The van der Waals surface area contributed by atoms with E-state index in [4.69, 9.17) is 9.47 Å². The molecule has 0 aliphatic carbocycles. The van der Waals surface area contributed by atoms with Gasteiger partial charge in [0.25, 0.3) is 5.91 Å². The second-order valence-electron chi connectivity index (χ2n) is 5.91. The van der Waals surface area contributed by atoms with E-state index in [0.29, 0.717) is 29.2 Å². The Hall–Kier alpha value is -3.34. The molecular formula is C22H20FNO3. The largest absolute Gasteiger partial charge is 0.493 e. The maximum atomic E-state index is 13.7. The number of carbonyl (C=O) groups is 1. The van der Waals surface area contributed by atoms with E-state index in [1.54, 1.807) is 36.4 Å². The van der Waals surface area contributed by atoms with Crippen LogP contribution >= 0.6 is 0 Å². The van der Waals surface area contributed by atoms with Gasteiger partial charge in [-0.15, -0.1) is 0 Å². The van der Waals surface area contributed by atoms with Gasteiger partial charge in [-0.05, 0) is 29.8 Å². The zero-order valence-electron chi connectivity index (χ0n) is 14.9. The van der Waals surface area contributed by atoms with Crippen LogP contribution in [0.25, 0.3) is 0 Å². The molecule has 0 saturated carbocycles. The Morgan fingerprint density at radius 3 is 2.44 bits per heavy atom. The number of carbonyl (C=O) groups excluding carboxylic acids is 1. The van der Waals surface area contributed by atoms with Crippen molar-refractivity contribution in [1.29, 1.82) is 0 Å². The third-order valence-electron chi connectivity index (χ3n) is 4.06. The van der Waals surface area contributed by atoms with E-state index in [1.165, 1.54) is 13.2 Å². The molecular weight excluding hydrogens is 345 g/mol. The van der Waals surface area contributed by atoms with Crippen LogP contribution in [-0.4, -0.2) is 13.0 Å². The number of benzene rings is 3. The minimum absolute atomic E-state index is 0.111. The van der Waals surface area contributed by atoms with Crippen molar-refractivity contribution in [2.45, 2.75) is 13.2 Å². The van der Waals surface area contributed by atoms with Crippen LogP contribution in [0.3, 0.4) is 0 Å². The van der Waals surface area contributed by atoms with Crippen molar-refractivity contribution in [1.82, 2.24) is 5.32 Å². The number of amides is 1. The summed E-state index contributed by atoms with van der Waals surface area (Å²) < 4.78 is 24.8. The van der Waals surface area contributed by atoms with E-state index in [-0.39, 0.29) is 18.3 Å². The summed E-state index contributed by atoms with van der Waals surface area (Å²) in [5.41, 5.74) is 1.88. The quantitative estimate of drug-likeness (QED) is 0.677. The molecule has 3 aromatic rings. The van der Waals surface area contributed by atoms with Gasteiger partial charge in [-0.2, -0.15) is 0 Å². The lowest BCUT2D eigenvalue weighted by atomic mass is 10.1. The summed E-state index contributed by atoms with van der Waals surface area (Å²) in [6.45, 7) is 0.510. The lowest BCUT2D eigenvalue weighted by Crippen LogP contribution is -2.23. The number of rotatable bonds is 7. The molecule has 0 unspecified atom stereocenters. The van der Waals surface area contributed by atoms with E-state index in [9.17, 15) is 9.18 Å². The Bertz CT molecular complexity index is 912. The predicted molar refractivity (Wildman–Crippen MR) is 101 cm³/mol. The van der Waals surface area contributed by atoms with Crippen LogP contribution < -0.4 is 14.8 Å². The summed E-state index contributed by atoms with van der Waals surface area (Å²) in [5, 5.41) is 2.71. The van der Waals surface area contributed by atoms with Gasteiger partial charge in [-0.1, -0.05) is 48.5 Å². The third kappa shape index (κ3) is 4.85. The van der Waals surface area contributed by atoms with E-state index < -0.39 is 0 Å². The molecule has 1 amide bonds. The number of hydrogen-bond donors (Lipinski definition) is 1. The molecule has 138 valence electrons. The highest BCUT2D eigenvalue weighted by Crippen LogP contribution is 2.29. The fraction of sp³-hybridized carbons (Fsp3) is 0.136. The zero-order chi connectivity index (χ0) is 19.1. The van der Waals surface area contributed by atoms with Crippen LogP contribution in [0.5, 0.6) is 11.5 Å². The number of nitrogens with one attached hydrogen (secondary N) is 1. The SMILES string of the molecule is COc1cc(C(=O)NCc2ccccc2F)ccc1OCc1ccccc1. The summed E-state index contributed by atoms with van der Waals surface area (Å²) in [6.07, 6.45) is 0. The summed E-state index contributed by atoms with van der Waals surface area (Å²) in [7, 11) is 1.52. The smallest absolute Gasteiger partial charge is 0.251 e. The van der Waals surface area contributed by atoms with Crippen molar-refractivity contribution in [3.63, 3.8) is 0 Å².